The number of carbonyl (C=O) groups excluding carboxylic acids is 1. The van der Waals surface area contributed by atoms with Gasteiger partial charge in [0.2, 0.25) is 5.91 Å². The number of amides is 1. The molecule has 0 bridgehead atoms. The molecule has 2 rings (SSSR count). The first-order chi connectivity index (χ1) is 10.1. The number of furan rings is 1. The molecule has 21 heavy (non-hydrogen) atoms. The molecule has 1 aromatic rings. The van der Waals surface area contributed by atoms with Crippen molar-refractivity contribution in [3.8, 4) is 0 Å². The molecule has 1 amide bonds. The Morgan fingerprint density at radius 2 is 2.43 bits per heavy atom. The molecule has 2 heterocycles. The number of likely N-dealkylation sites (N-methyl/N-ethyl adjacent to an activating group) is 1. The van der Waals surface area contributed by atoms with Crippen molar-refractivity contribution in [2.24, 2.45) is 5.73 Å². The molecule has 1 saturated heterocycles. The van der Waals surface area contributed by atoms with Crippen molar-refractivity contribution in [1.82, 2.24) is 9.80 Å². The van der Waals surface area contributed by atoms with E-state index in [0.29, 0.717) is 19.6 Å². The molecule has 0 aliphatic carbocycles. The molecule has 2 unspecified atom stereocenters. The molecule has 6 nitrogen and oxygen atoms in total. The number of nitrogens with two attached hydrogens (primary N) is 1. The molecule has 1 aliphatic heterocycles. The Bertz CT molecular complexity index is 435. The summed E-state index contributed by atoms with van der Waals surface area (Å²) in [7, 11) is 3.53. The maximum Gasteiger partial charge on any atom is 0.236 e. The molecule has 0 radical (unpaired) electrons. The summed E-state index contributed by atoms with van der Waals surface area (Å²) in [6.45, 7) is 2.29. The summed E-state index contributed by atoms with van der Waals surface area (Å²) in [5.41, 5.74) is 5.83. The lowest BCUT2D eigenvalue weighted by Crippen LogP contribution is -2.51. The molecule has 1 fully saturated rings. The lowest BCUT2D eigenvalue weighted by atomic mass is 9.99. The van der Waals surface area contributed by atoms with Gasteiger partial charge in [-0.15, -0.1) is 0 Å². The van der Waals surface area contributed by atoms with Gasteiger partial charge in [0.05, 0.1) is 25.5 Å². The third-order valence-electron chi connectivity index (χ3n) is 4.13. The van der Waals surface area contributed by atoms with E-state index in [1.54, 1.807) is 25.3 Å². The van der Waals surface area contributed by atoms with Gasteiger partial charge < -0.3 is 19.8 Å². The van der Waals surface area contributed by atoms with Crippen LogP contribution in [0.4, 0.5) is 0 Å². The summed E-state index contributed by atoms with van der Waals surface area (Å²) in [4.78, 5) is 16.2. The zero-order valence-corrected chi connectivity index (χ0v) is 12.8. The van der Waals surface area contributed by atoms with Crippen molar-refractivity contribution < 1.29 is 13.9 Å². The van der Waals surface area contributed by atoms with Crippen LogP contribution < -0.4 is 5.73 Å². The summed E-state index contributed by atoms with van der Waals surface area (Å²) in [6.07, 6.45) is 3.71. The fraction of sp³-hybridized carbons (Fsp3) is 0.667. The first kappa shape index (κ1) is 16.0. The Balaban J connectivity index is 1.86. The number of methoxy groups -OCH3 is 1. The van der Waals surface area contributed by atoms with Gasteiger partial charge in [0.15, 0.2) is 0 Å². The highest BCUT2D eigenvalue weighted by molar-refractivity contribution is 5.78. The molecule has 2 atom stereocenters. The average molecular weight is 295 g/mol. The smallest absolute Gasteiger partial charge is 0.236 e. The number of hydrogen-bond acceptors (Lipinski definition) is 5. The Morgan fingerprint density at radius 1 is 1.62 bits per heavy atom. The van der Waals surface area contributed by atoms with Crippen LogP contribution in [0.15, 0.2) is 22.8 Å². The number of hydrogen-bond donors (Lipinski definition) is 1. The minimum atomic E-state index is 0.0840. The largest absolute Gasteiger partial charge is 0.467 e. The monoisotopic (exact) mass is 295 g/mol. The molecule has 2 N–H and O–H groups in total. The van der Waals surface area contributed by atoms with Gasteiger partial charge >= 0.3 is 0 Å². The number of carbonyl (C=O) groups is 1. The van der Waals surface area contributed by atoms with Gasteiger partial charge in [0.1, 0.15) is 5.76 Å². The fourth-order valence-electron chi connectivity index (χ4n) is 2.75. The van der Waals surface area contributed by atoms with E-state index >= 15 is 0 Å². The normalized spacial score (nSPS) is 23.2. The maximum absolute atomic E-state index is 12.3. The van der Waals surface area contributed by atoms with E-state index in [0.717, 1.165) is 25.1 Å². The Morgan fingerprint density at radius 3 is 3.05 bits per heavy atom. The molecule has 0 spiro atoms. The predicted molar refractivity (Wildman–Crippen MR) is 79.6 cm³/mol. The van der Waals surface area contributed by atoms with Crippen LogP contribution in [-0.2, 0) is 16.1 Å². The molecule has 1 aromatic heterocycles. The van der Waals surface area contributed by atoms with E-state index in [1.807, 2.05) is 12.1 Å². The first-order valence-corrected chi connectivity index (χ1v) is 7.37. The molecule has 1 aliphatic rings. The van der Waals surface area contributed by atoms with Crippen LogP contribution in [0.2, 0.25) is 0 Å². The first-order valence-electron chi connectivity index (χ1n) is 7.37. The van der Waals surface area contributed by atoms with Crippen molar-refractivity contribution in [3.05, 3.63) is 24.2 Å². The van der Waals surface area contributed by atoms with Gasteiger partial charge in [-0.3, -0.25) is 9.69 Å². The van der Waals surface area contributed by atoms with Gasteiger partial charge in [-0.05, 0) is 25.0 Å². The van der Waals surface area contributed by atoms with Crippen molar-refractivity contribution >= 4 is 5.91 Å². The van der Waals surface area contributed by atoms with Crippen molar-refractivity contribution in [1.29, 1.82) is 0 Å². The third-order valence-corrected chi connectivity index (χ3v) is 4.13. The standard InChI is InChI=1S/C15H25N3O3/c1-17(10-14-4-3-7-21-14)15(19)11-18-6-5-13(20-2)8-12(18)9-16/h3-4,7,12-13H,5-6,8-11,16H2,1-2H3. The fourth-order valence-corrected chi connectivity index (χ4v) is 2.75. The summed E-state index contributed by atoms with van der Waals surface area (Å²) in [5.74, 6) is 0.875. The van der Waals surface area contributed by atoms with Gasteiger partial charge in [-0.25, -0.2) is 0 Å². The third kappa shape index (κ3) is 4.30. The van der Waals surface area contributed by atoms with Crippen molar-refractivity contribution in [2.45, 2.75) is 31.5 Å². The quantitative estimate of drug-likeness (QED) is 0.835. The number of nitrogens with zero attached hydrogens (tertiary/aromatic N) is 2. The summed E-state index contributed by atoms with van der Waals surface area (Å²) in [6, 6.07) is 3.91. The highest BCUT2D eigenvalue weighted by Crippen LogP contribution is 2.19. The Labute approximate surface area is 125 Å². The van der Waals surface area contributed by atoms with Crippen LogP contribution >= 0.6 is 0 Å². The van der Waals surface area contributed by atoms with Gasteiger partial charge in [-0.1, -0.05) is 0 Å². The Kier molecular flexibility index (Phi) is 5.78. The van der Waals surface area contributed by atoms with Crippen LogP contribution in [0.3, 0.4) is 0 Å². The van der Waals surface area contributed by atoms with Gasteiger partial charge in [-0.2, -0.15) is 0 Å². The summed E-state index contributed by atoms with van der Waals surface area (Å²) < 4.78 is 10.7. The number of piperidine rings is 1. The minimum absolute atomic E-state index is 0.0840. The second-order valence-corrected chi connectivity index (χ2v) is 5.57. The highest BCUT2D eigenvalue weighted by atomic mass is 16.5. The SMILES string of the molecule is COC1CCN(CC(=O)N(C)Cc2ccco2)C(CN)C1. The van der Waals surface area contributed by atoms with Crippen LogP contribution in [0.1, 0.15) is 18.6 Å². The molecular formula is C15H25N3O3. The summed E-state index contributed by atoms with van der Waals surface area (Å²) in [5, 5.41) is 0. The number of ether oxygens (including phenoxy) is 1. The number of likely N-dealkylation sites (tertiary alicyclic amines) is 1. The maximum atomic E-state index is 12.3. The van der Waals surface area contributed by atoms with Crippen LogP contribution in [0, 0.1) is 0 Å². The van der Waals surface area contributed by atoms with Crippen molar-refractivity contribution in [2.75, 3.05) is 33.8 Å². The Hall–Kier alpha value is -1.37. The van der Waals surface area contributed by atoms with E-state index in [2.05, 4.69) is 4.90 Å². The lowest BCUT2D eigenvalue weighted by molar-refractivity contribution is -0.133. The van der Waals surface area contributed by atoms with E-state index in [4.69, 9.17) is 14.9 Å². The molecule has 6 heteroatoms. The minimum Gasteiger partial charge on any atom is -0.467 e. The van der Waals surface area contributed by atoms with Crippen LogP contribution in [-0.4, -0.2) is 61.6 Å². The predicted octanol–water partition coefficient (Wildman–Crippen LogP) is 0.676. The van der Waals surface area contributed by atoms with Gasteiger partial charge in [0.25, 0.3) is 0 Å². The highest BCUT2D eigenvalue weighted by Gasteiger charge is 2.29. The van der Waals surface area contributed by atoms with Crippen molar-refractivity contribution in [3.63, 3.8) is 0 Å². The molecule has 0 saturated carbocycles. The molecular weight excluding hydrogens is 270 g/mol. The van der Waals surface area contributed by atoms with Gasteiger partial charge in [0, 0.05) is 33.3 Å². The second-order valence-electron chi connectivity index (χ2n) is 5.57. The van der Waals surface area contributed by atoms with Crippen LogP contribution in [0.25, 0.3) is 0 Å². The van der Waals surface area contributed by atoms with E-state index in [1.165, 1.54) is 0 Å². The zero-order chi connectivity index (χ0) is 15.2. The summed E-state index contributed by atoms with van der Waals surface area (Å²) >= 11 is 0. The second kappa shape index (κ2) is 7.59. The van der Waals surface area contributed by atoms with E-state index in [-0.39, 0.29) is 18.1 Å². The molecule has 118 valence electrons. The topological polar surface area (TPSA) is 71.9 Å². The average Bonchev–Trinajstić information content (AvgIpc) is 3.00. The lowest BCUT2D eigenvalue weighted by Gasteiger charge is -2.38. The van der Waals surface area contributed by atoms with E-state index in [9.17, 15) is 4.79 Å². The number of rotatable bonds is 6. The molecule has 0 aromatic carbocycles. The van der Waals surface area contributed by atoms with E-state index < -0.39 is 0 Å². The zero-order valence-electron chi connectivity index (χ0n) is 12.8. The van der Waals surface area contributed by atoms with Crippen LogP contribution in [0.5, 0.6) is 0 Å².